The van der Waals surface area contributed by atoms with E-state index in [1.165, 1.54) is 13.1 Å². The van der Waals surface area contributed by atoms with Crippen LogP contribution in [0.5, 0.6) is 0 Å². The largest absolute Gasteiger partial charge is 0.360 e. The second-order valence-corrected chi connectivity index (χ2v) is 5.93. The molecule has 2 aromatic rings. The third-order valence-electron chi connectivity index (χ3n) is 3.16. The van der Waals surface area contributed by atoms with Crippen LogP contribution in [0.3, 0.4) is 0 Å². The van der Waals surface area contributed by atoms with Crippen LogP contribution in [-0.2, 0) is 4.79 Å². The van der Waals surface area contributed by atoms with E-state index in [0.717, 1.165) is 0 Å². The Kier molecular flexibility index (Phi) is 6.18. The molecule has 7 heteroatoms. The molecule has 5 nitrogen and oxygen atoms in total. The van der Waals surface area contributed by atoms with Crippen LogP contribution in [0.25, 0.3) is 0 Å². The average Bonchev–Trinajstić information content (AvgIpc) is 2.55. The monoisotopic (exact) mass is 373 g/mol. The zero-order valence-electron chi connectivity index (χ0n) is 13.1. The average molecular weight is 374 g/mol. The van der Waals surface area contributed by atoms with E-state index in [9.17, 15) is 9.59 Å². The molecule has 2 rings (SSSR count). The summed E-state index contributed by atoms with van der Waals surface area (Å²) in [5.41, 5.74) is 1.42. The molecule has 0 spiro atoms. The van der Waals surface area contributed by atoms with Crippen LogP contribution >= 0.6 is 23.2 Å². The second kappa shape index (κ2) is 8.34. The molecule has 1 amide bonds. The first-order valence-corrected chi connectivity index (χ1v) is 7.90. The van der Waals surface area contributed by atoms with E-state index in [4.69, 9.17) is 28.5 Å². The SMILES string of the molecule is CC(=O)c1ccc(NC(=O)/C(C#N)=C\Nc2cc(Cl)cc(Cl)c2)cc1. The number of amides is 1. The molecule has 0 aliphatic heterocycles. The topological polar surface area (TPSA) is 82.0 Å². The summed E-state index contributed by atoms with van der Waals surface area (Å²) < 4.78 is 0. The first kappa shape index (κ1) is 18.5. The van der Waals surface area contributed by atoms with Gasteiger partial charge in [0.1, 0.15) is 11.6 Å². The number of anilines is 2. The Hall–Kier alpha value is -2.81. The first-order valence-electron chi connectivity index (χ1n) is 7.14. The summed E-state index contributed by atoms with van der Waals surface area (Å²) in [5, 5.41) is 15.4. The van der Waals surface area contributed by atoms with Crippen molar-refractivity contribution < 1.29 is 9.59 Å². The summed E-state index contributed by atoms with van der Waals surface area (Å²) in [6.45, 7) is 1.46. The number of nitriles is 1. The number of hydrogen-bond donors (Lipinski definition) is 2. The maximum absolute atomic E-state index is 12.2. The van der Waals surface area contributed by atoms with Crippen LogP contribution in [0.1, 0.15) is 17.3 Å². The van der Waals surface area contributed by atoms with Gasteiger partial charge in [0.05, 0.1) is 0 Å². The van der Waals surface area contributed by atoms with Gasteiger partial charge in [0.15, 0.2) is 5.78 Å². The molecular weight excluding hydrogens is 361 g/mol. The molecule has 0 unspecified atom stereocenters. The third kappa shape index (κ3) is 5.35. The van der Waals surface area contributed by atoms with Crippen LogP contribution in [0.15, 0.2) is 54.2 Å². The molecule has 0 atom stereocenters. The minimum Gasteiger partial charge on any atom is -0.360 e. The number of ketones is 1. The van der Waals surface area contributed by atoms with Gasteiger partial charge in [0, 0.05) is 33.2 Å². The number of carbonyl (C=O) groups is 2. The number of carbonyl (C=O) groups excluding carboxylic acids is 2. The van der Waals surface area contributed by atoms with Gasteiger partial charge in [-0.1, -0.05) is 23.2 Å². The molecule has 2 aromatic carbocycles. The maximum Gasteiger partial charge on any atom is 0.267 e. The number of Topliss-reactive ketones (excluding diaryl/α,β-unsaturated/α-hetero) is 1. The Labute approximate surface area is 154 Å². The highest BCUT2D eigenvalue weighted by atomic mass is 35.5. The molecule has 0 aromatic heterocycles. The molecule has 0 saturated heterocycles. The van der Waals surface area contributed by atoms with Crippen molar-refractivity contribution in [2.45, 2.75) is 6.92 Å². The fraction of sp³-hybridized carbons (Fsp3) is 0.0556. The zero-order chi connectivity index (χ0) is 18.4. The zero-order valence-corrected chi connectivity index (χ0v) is 14.7. The quantitative estimate of drug-likeness (QED) is 0.453. The van der Waals surface area contributed by atoms with Crippen molar-refractivity contribution in [2.24, 2.45) is 0 Å². The Balaban J connectivity index is 2.09. The van der Waals surface area contributed by atoms with Crippen LogP contribution in [0.2, 0.25) is 10.0 Å². The highest BCUT2D eigenvalue weighted by Crippen LogP contribution is 2.22. The Bertz CT molecular complexity index is 864. The Morgan fingerprint density at radius 1 is 1.04 bits per heavy atom. The van der Waals surface area contributed by atoms with E-state index in [0.29, 0.717) is 27.0 Å². The predicted octanol–water partition coefficient (Wildman–Crippen LogP) is 4.65. The number of halogens is 2. The van der Waals surface area contributed by atoms with Gasteiger partial charge in [-0.2, -0.15) is 5.26 Å². The first-order chi connectivity index (χ1) is 11.9. The molecule has 25 heavy (non-hydrogen) atoms. The summed E-state index contributed by atoms with van der Waals surface area (Å²) in [5.74, 6) is -0.654. The van der Waals surface area contributed by atoms with Crippen molar-refractivity contribution in [3.05, 3.63) is 69.8 Å². The number of hydrogen-bond acceptors (Lipinski definition) is 4. The van der Waals surface area contributed by atoms with Gasteiger partial charge >= 0.3 is 0 Å². The molecule has 0 heterocycles. The summed E-state index contributed by atoms with van der Waals surface area (Å²) in [6.07, 6.45) is 1.27. The molecule has 0 aliphatic carbocycles. The highest BCUT2D eigenvalue weighted by molar-refractivity contribution is 6.35. The lowest BCUT2D eigenvalue weighted by molar-refractivity contribution is -0.112. The van der Waals surface area contributed by atoms with E-state index in [1.54, 1.807) is 42.5 Å². The van der Waals surface area contributed by atoms with Gasteiger partial charge in [-0.3, -0.25) is 9.59 Å². The van der Waals surface area contributed by atoms with Crippen LogP contribution in [0.4, 0.5) is 11.4 Å². The molecule has 2 N–H and O–H groups in total. The summed E-state index contributed by atoms with van der Waals surface area (Å²) in [6, 6.07) is 13.0. The number of nitrogens with one attached hydrogen (secondary N) is 2. The van der Waals surface area contributed by atoms with Gasteiger partial charge in [-0.05, 0) is 49.4 Å². The molecule has 0 aliphatic rings. The van der Waals surface area contributed by atoms with Crippen molar-refractivity contribution in [3.63, 3.8) is 0 Å². The minimum absolute atomic E-state index is 0.0696. The lowest BCUT2D eigenvalue weighted by Gasteiger charge is -2.06. The van der Waals surface area contributed by atoms with E-state index in [2.05, 4.69) is 10.6 Å². The summed E-state index contributed by atoms with van der Waals surface area (Å²) in [4.78, 5) is 23.4. The fourth-order valence-corrected chi connectivity index (χ4v) is 2.45. The van der Waals surface area contributed by atoms with Crippen LogP contribution < -0.4 is 10.6 Å². The van der Waals surface area contributed by atoms with Gasteiger partial charge in [0.25, 0.3) is 5.91 Å². The van der Waals surface area contributed by atoms with E-state index in [1.807, 2.05) is 6.07 Å². The second-order valence-electron chi connectivity index (χ2n) is 5.06. The lowest BCUT2D eigenvalue weighted by atomic mass is 10.1. The van der Waals surface area contributed by atoms with Gasteiger partial charge in [0.2, 0.25) is 0 Å². The smallest absolute Gasteiger partial charge is 0.267 e. The standard InChI is InChI=1S/C18H13Cl2N3O2/c1-11(24)12-2-4-16(5-3-12)23-18(25)13(9-21)10-22-17-7-14(19)6-15(20)8-17/h2-8,10,22H,1H3,(H,23,25)/b13-10-. The molecule has 126 valence electrons. The molecule has 0 radical (unpaired) electrons. The lowest BCUT2D eigenvalue weighted by Crippen LogP contribution is -2.14. The summed E-state index contributed by atoms with van der Waals surface area (Å²) >= 11 is 11.8. The van der Waals surface area contributed by atoms with Crippen molar-refractivity contribution in [3.8, 4) is 6.07 Å². The summed E-state index contributed by atoms with van der Waals surface area (Å²) in [7, 11) is 0. The van der Waals surface area contributed by atoms with Crippen molar-refractivity contribution in [1.82, 2.24) is 0 Å². The number of nitrogens with zero attached hydrogens (tertiary/aromatic N) is 1. The van der Waals surface area contributed by atoms with Crippen molar-refractivity contribution >= 4 is 46.3 Å². The van der Waals surface area contributed by atoms with Gasteiger partial charge < -0.3 is 10.6 Å². The molecule has 0 saturated carbocycles. The fourth-order valence-electron chi connectivity index (χ4n) is 1.93. The third-order valence-corrected chi connectivity index (χ3v) is 3.60. The number of rotatable bonds is 5. The van der Waals surface area contributed by atoms with Crippen LogP contribution in [-0.4, -0.2) is 11.7 Å². The molecule has 0 fully saturated rings. The van der Waals surface area contributed by atoms with Crippen LogP contribution in [0, 0.1) is 11.3 Å². The molecular formula is C18H13Cl2N3O2. The number of benzene rings is 2. The van der Waals surface area contributed by atoms with E-state index >= 15 is 0 Å². The normalized spacial score (nSPS) is 10.7. The maximum atomic E-state index is 12.2. The van der Waals surface area contributed by atoms with E-state index < -0.39 is 5.91 Å². The highest BCUT2D eigenvalue weighted by Gasteiger charge is 2.10. The van der Waals surface area contributed by atoms with Crippen molar-refractivity contribution in [2.75, 3.05) is 10.6 Å². The van der Waals surface area contributed by atoms with Gasteiger partial charge in [-0.25, -0.2) is 0 Å². The minimum atomic E-state index is -0.585. The Morgan fingerprint density at radius 2 is 1.64 bits per heavy atom. The predicted molar refractivity (Wildman–Crippen MR) is 98.9 cm³/mol. The van der Waals surface area contributed by atoms with Gasteiger partial charge in [-0.15, -0.1) is 0 Å². The van der Waals surface area contributed by atoms with Crippen molar-refractivity contribution in [1.29, 1.82) is 5.26 Å². The van der Waals surface area contributed by atoms with E-state index in [-0.39, 0.29) is 11.4 Å². The Morgan fingerprint density at radius 3 is 2.16 bits per heavy atom. The molecule has 0 bridgehead atoms.